The minimum Gasteiger partial charge on any atom is -0.450 e. The summed E-state index contributed by atoms with van der Waals surface area (Å²) in [5.74, 6) is 0.538. The molecule has 1 aliphatic carbocycles. The minimum atomic E-state index is -0.295. The molecule has 1 N–H and O–H groups in total. The maximum atomic E-state index is 13.8. The Hall–Kier alpha value is -4.53. The van der Waals surface area contributed by atoms with Crippen LogP contribution in [0.5, 0.6) is 0 Å². The molecular formula is C29H29N5O4. The van der Waals surface area contributed by atoms with E-state index in [4.69, 9.17) is 9.26 Å². The third kappa shape index (κ3) is 3.91. The van der Waals surface area contributed by atoms with Gasteiger partial charge < -0.3 is 29.3 Å². The molecule has 0 unspecified atom stereocenters. The largest absolute Gasteiger partial charge is 0.450 e. The monoisotopic (exact) mass is 511 g/mol. The van der Waals surface area contributed by atoms with Gasteiger partial charge in [0.15, 0.2) is 11.5 Å². The number of nitrogens with zero attached hydrogens (tertiary/aromatic N) is 4. The highest BCUT2D eigenvalue weighted by molar-refractivity contribution is 6.28. The van der Waals surface area contributed by atoms with Crippen LogP contribution in [-0.4, -0.2) is 68.8 Å². The molecule has 0 atom stereocenters. The van der Waals surface area contributed by atoms with Crippen molar-refractivity contribution < 1.29 is 18.8 Å². The number of amides is 1. The lowest BCUT2D eigenvalue weighted by Crippen LogP contribution is -2.49. The number of hydrogen-bond acceptors (Lipinski definition) is 8. The Labute approximate surface area is 220 Å². The third-order valence-electron chi connectivity index (χ3n) is 7.19. The van der Waals surface area contributed by atoms with Crippen molar-refractivity contribution in [3.05, 3.63) is 65.7 Å². The van der Waals surface area contributed by atoms with Crippen molar-refractivity contribution in [1.29, 1.82) is 0 Å². The number of nitrogens with one attached hydrogen (secondary N) is 1. The fourth-order valence-corrected chi connectivity index (χ4v) is 5.23. The lowest BCUT2D eigenvalue weighted by Gasteiger charge is -2.36. The predicted octanol–water partition coefficient (Wildman–Crippen LogP) is 5.13. The summed E-state index contributed by atoms with van der Waals surface area (Å²) in [6.45, 7) is 4.43. The average molecular weight is 512 g/mol. The second-order valence-corrected chi connectivity index (χ2v) is 9.67. The van der Waals surface area contributed by atoms with E-state index in [2.05, 4.69) is 15.4 Å². The minimum absolute atomic E-state index is 0.0626. The number of anilines is 4. The number of benzene rings is 3. The zero-order valence-electron chi connectivity index (χ0n) is 21.7. The first-order valence-corrected chi connectivity index (χ1v) is 12.8. The Balaban J connectivity index is 1.45. The van der Waals surface area contributed by atoms with Gasteiger partial charge >= 0.3 is 6.09 Å². The number of fused-ring (bicyclic) bond motifs is 2. The Morgan fingerprint density at radius 2 is 1.76 bits per heavy atom. The first-order valence-electron chi connectivity index (χ1n) is 12.8. The summed E-state index contributed by atoms with van der Waals surface area (Å²) in [7, 11) is 4.00. The van der Waals surface area contributed by atoms with E-state index in [9.17, 15) is 9.59 Å². The van der Waals surface area contributed by atoms with E-state index in [-0.39, 0.29) is 11.9 Å². The number of hydrogen-bond donors (Lipinski definition) is 1. The highest BCUT2D eigenvalue weighted by atomic mass is 16.6. The lowest BCUT2D eigenvalue weighted by molar-refractivity contribution is 0.103. The molecule has 0 radical (unpaired) electrons. The molecule has 2 aliphatic rings. The molecule has 1 amide bonds. The Bertz CT molecular complexity index is 1530. The third-order valence-corrected chi connectivity index (χ3v) is 7.19. The fraction of sp³-hybridized carbons (Fsp3) is 0.276. The van der Waals surface area contributed by atoms with Crippen LogP contribution in [0.3, 0.4) is 0 Å². The predicted molar refractivity (Wildman–Crippen MR) is 148 cm³/mol. The molecule has 9 nitrogen and oxygen atoms in total. The van der Waals surface area contributed by atoms with E-state index in [0.29, 0.717) is 66.3 Å². The van der Waals surface area contributed by atoms with Crippen LogP contribution in [-0.2, 0) is 4.74 Å². The molecule has 1 saturated heterocycles. The molecule has 3 aromatic carbocycles. The number of rotatable bonds is 5. The Morgan fingerprint density at radius 1 is 1.05 bits per heavy atom. The second kappa shape index (κ2) is 9.41. The van der Waals surface area contributed by atoms with E-state index in [1.807, 2.05) is 73.6 Å². The number of carbonyl (C=O) groups is 2. The van der Waals surface area contributed by atoms with Gasteiger partial charge in [0.05, 0.1) is 28.9 Å². The summed E-state index contributed by atoms with van der Waals surface area (Å²) < 4.78 is 11.1. The van der Waals surface area contributed by atoms with Crippen molar-refractivity contribution in [1.82, 2.24) is 10.1 Å². The van der Waals surface area contributed by atoms with Crippen LogP contribution in [0.2, 0.25) is 0 Å². The van der Waals surface area contributed by atoms with Crippen molar-refractivity contribution in [3.63, 3.8) is 0 Å². The van der Waals surface area contributed by atoms with Crippen LogP contribution < -0.4 is 15.1 Å². The van der Waals surface area contributed by atoms with Crippen molar-refractivity contribution >= 4 is 45.5 Å². The summed E-state index contributed by atoms with van der Waals surface area (Å²) >= 11 is 0. The van der Waals surface area contributed by atoms with Crippen molar-refractivity contribution in [2.24, 2.45) is 0 Å². The molecule has 0 bridgehead atoms. The maximum absolute atomic E-state index is 13.8. The number of ketones is 1. The zero-order chi connectivity index (χ0) is 26.4. The number of piperazine rings is 1. The molecular weight excluding hydrogens is 482 g/mol. The van der Waals surface area contributed by atoms with Crippen molar-refractivity contribution in [2.75, 3.05) is 62.0 Å². The van der Waals surface area contributed by atoms with E-state index in [1.54, 1.807) is 11.8 Å². The van der Waals surface area contributed by atoms with Gasteiger partial charge in [-0.2, -0.15) is 0 Å². The van der Waals surface area contributed by atoms with Crippen LogP contribution in [0.25, 0.3) is 22.2 Å². The molecule has 194 valence electrons. The van der Waals surface area contributed by atoms with Gasteiger partial charge in [-0.1, -0.05) is 29.4 Å². The maximum Gasteiger partial charge on any atom is 0.409 e. The highest BCUT2D eigenvalue weighted by Gasteiger charge is 2.34. The summed E-state index contributed by atoms with van der Waals surface area (Å²) in [4.78, 5) is 32.0. The Morgan fingerprint density at radius 3 is 2.45 bits per heavy atom. The van der Waals surface area contributed by atoms with Gasteiger partial charge in [0.25, 0.3) is 0 Å². The fourth-order valence-electron chi connectivity index (χ4n) is 5.23. The summed E-state index contributed by atoms with van der Waals surface area (Å²) in [6, 6.07) is 17.5. The standard InChI is InChI=1S/C29H29N5O4/c1-4-37-29(36)34-15-13-33(14-16-34)23-17-22(30-18-9-11-19(12-10-18)32(2)3)24-25-26(23)31-38-28(25)21-8-6-5-7-20(21)27(24)35/h5-12,17,30H,4,13-16H2,1-3H3. The van der Waals surface area contributed by atoms with Gasteiger partial charge in [-0.05, 0) is 37.3 Å². The van der Waals surface area contributed by atoms with Crippen LogP contribution in [0.15, 0.2) is 59.1 Å². The van der Waals surface area contributed by atoms with Gasteiger partial charge in [-0.3, -0.25) is 4.79 Å². The summed E-state index contributed by atoms with van der Waals surface area (Å²) in [5, 5.41) is 8.67. The van der Waals surface area contributed by atoms with E-state index < -0.39 is 0 Å². The van der Waals surface area contributed by atoms with Gasteiger partial charge in [0, 0.05) is 62.8 Å². The normalized spacial score (nSPS) is 14.4. The topological polar surface area (TPSA) is 91.2 Å². The SMILES string of the molecule is CCOC(=O)N1CCN(c2cc(Nc3ccc(N(C)C)cc3)c3c4c(onc24)-c2ccccc2C3=O)CC1. The molecule has 0 spiro atoms. The number of aromatic nitrogens is 1. The highest BCUT2D eigenvalue weighted by Crippen LogP contribution is 2.46. The van der Waals surface area contributed by atoms with Gasteiger partial charge in [0.1, 0.15) is 5.52 Å². The van der Waals surface area contributed by atoms with Gasteiger partial charge in [-0.25, -0.2) is 4.79 Å². The van der Waals surface area contributed by atoms with Crippen LogP contribution >= 0.6 is 0 Å². The molecule has 1 fully saturated rings. The van der Waals surface area contributed by atoms with Gasteiger partial charge in [-0.15, -0.1) is 0 Å². The molecule has 38 heavy (non-hydrogen) atoms. The number of ether oxygens (including phenoxy) is 1. The zero-order valence-corrected chi connectivity index (χ0v) is 21.7. The molecule has 0 saturated carbocycles. The van der Waals surface area contributed by atoms with Crippen LogP contribution in [0.1, 0.15) is 22.8 Å². The van der Waals surface area contributed by atoms with Crippen molar-refractivity contribution in [2.45, 2.75) is 6.92 Å². The molecule has 4 aromatic rings. The van der Waals surface area contributed by atoms with E-state index >= 15 is 0 Å². The molecule has 6 rings (SSSR count). The molecule has 9 heteroatoms. The molecule has 1 aliphatic heterocycles. The van der Waals surface area contributed by atoms with Crippen LogP contribution in [0, 0.1) is 0 Å². The van der Waals surface area contributed by atoms with Crippen molar-refractivity contribution in [3.8, 4) is 11.3 Å². The lowest BCUT2D eigenvalue weighted by atomic mass is 9.86. The second-order valence-electron chi connectivity index (χ2n) is 9.67. The van der Waals surface area contributed by atoms with Gasteiger partial charge in [0.2, 0.25) is 0 Å². The smallest absolute Gasteiger partial charge is 0.409 e. The summed E-state index contributed by atoms with van der Waals surface area (Å²) in [5.41, 5.74) is 6.06. The van der Waals surface area contributed by atoms with E-state index in [1.165, 1.54) is 0 Å². The summed E-state index contributed by atoms with van der Waals surface area (Å²) in [6.07, 6.45) is -0.295. The Kier molecular flexibility index (Phi) is 5.90. The first-order chi connectivity index (χ1) is 18.5. The first kappa shape index (κ1) is 23.8. The number of carbonyl (C=O) groups excluding carboxylic acids is 2. The van der Waals surface area contributed by atoms with Crippen LogP contribution in [0.4, 0.5) is 27.5 Å². The van der Waals surface area contributed by atoms with E-state index in [0.717, 1.165) is 22.6 Å². The average Bonchev–Trinajstić information content (AvgIpc) is 3.38. The molecule has 2 heterocycles. The molecule has 1 aromatic heterocycles. The quantitative estimate of drug-likeness (QED) is 0.347.